The van der Waals surface area contributed by atoms with Crippen LogP contribution in [0, 0.1) is 0 Å². The van der Waals surface area contributed by atoms with Gasteiger partial charge in [-0.05, 0) is 13.0 Å². The predicted molar refractivity (Wildman–Crippen MR) is 32.7 cm³/mol. The summed E-state index contributed by atoms with van der Waals surface area (Å²) in [6.45, 7) is 2.88. The molecule has 0 spiro atoms. The molecule has 0 amide bonds. The standard InChI is InChI=1S/C3H9N.H2O3S/c1-2-3-4;1-4(2)3/h2-4H2,1H3;(H2,1,2,3). The van der Waals surface area contributed by atoms with Crippen LogP contribution >= 0.6 is 0 Å². The summed E-state index contributed by atoms with van der Waals surface area (Å²) in [4.78, 5) is 0. The first-order valence-electron chi connectivity index (χ1n) is 2.15. The van der Waals surface area contributed by atoms with Crippen molar-refractivity contribution >= 4 is 11.4 Å². The molecule has 0 aliphatic heterocycles. The van der Waals surface area contributed by atoms with Crippen molar-refractivity contribution in [3.63, 3.8) is 0 Å². The number of hydrogen-bond acceptors (Lipinski definition) is 2. The van der Waals surface area contributed by atoms with Gasteiger partial charge in [0.05, 0.1) is 0 Å². The quantitative estimate of drug-likeness (QED) is 0.450. The summed E-state index contributed by atoms with van der Waals surface area (Å²) in [6.07, 6.45) is 1.10. The molecule has 0 rings (SSSR count). The molecule has 0 radical (unpaired) electrons. The normalized spacial score (nSPS) is 8.12. The summed E-state index contributed by atoms with van der Waals surface area (Å²) in [5, 5.41) is 0. The second-order valence-corrected chi connectivity index (χ2v) is 1.48. The number of nitrogens with two attached hydrogens (primary N) is 1. The van der Waals surface area contributed by atoms with Gasteiger partial charge in [-0.2, -0.15) is 4.21 Å². The van der Waals surface area contributed by atoms with Crippen molar-refractivity contribution < 1.29 is 13.3 Å². The molecular formula is C3H11NO3S. The molecular weight excluding hydrogens is 130 g/mol. The summed E-state index contributed by atoms with van der Waals surface area (Å²) >= 11 is -2.61. The summed E-state index contributed by atoms with van der Waals surface area (Å²) in [7, 11) is 0. The Bertz CT molecular complexity index is 52.5. The van der Waals surface area contributed by atoms with Crippen molar-refractivity contribution in [2.45, 2.75) is 13.3 Å². The topological polar surface area (TPSA) is 83.6 Å². The van der Waals surface area contributed by atoms with Crippen LogP contribution in [0.3, 0.4) is 0 Å². The van der Waals surface area contributed by atoms with Gasteiger partial charge in [0, 0.05) is 0 Å². The van der Waals surface area contributed by atoms with E-state index >= 15 is 0 Å². The van der Waals surface area contributed by atoms with Crippen LogP contribution in [0.5, 0.6) is 0 Å². The van der Waals surface area contributed by atoms with E-state index in [0.29, 0.717) is 0 Å². The molecule has 0 aromatic heterocycles. The molecule has 4 N–H and O–H groups in total. The van der Waals surface area contributed by atoms with E-state index in [1.165, 1.54) is 0 Å². The van der Waals surface area contributed by atoms with E-state index in [-0.39, 0.29) is 0 Å². The summed E-state index contributed by atoms with van der Waals surface area (Å²) in [6, 6.07) is 0. The zero-order valence-electron chi connectivity index (χ0n) is 4.70. The minimum atomic E-state index is -2.61. The van der Waals surface area contributed by atoms with E-state index in [2.05, 4.69) is 6.92 Å². The van der Waals surface area contributed by atoms with E-state index in [1.54, 1.807) is 0 Å². The molecule has 0 heterocycles. The van der Waals surface area contributed by atoms with E-state index in [1.807, 2.05) is 0 Å². The Morgan fingerprint density at radius 1 is 1.62 bits per heavy atom. The molecule has 0 unspecified atom stereocenters. The van der Waals surface area contributed by atoms with Gasteiger partial charge in [0.25, 0.3) is 11.4 Å². The highest BCUT2D eigenvalue weighted by molar-refractivity contribution is 7.73. The lowest BCUT2D eigenvalue weighted by atomic mass is 10.5. The average molecular weight is 141 g/mol. The van der Waals surface area contributed by atoms with Crippen LogP contribution in [0.2, 0.25) is 0 Å². The first-order valence-corrected chi connectivity index (χ1v) is 3.21. The fourth-order valence-corrected chi connectivity index (χ4v) is 0. The smallest absolute Gasteiger partial charge is 0.299 e. The third-order valence-corrected chi connectivity index (χ3v) is 0.289. The van der Waals surface area contributed by atoms with Gasteiger partial charge in [0.15, 0.2) is 0 Å². The molecule has 4 nitrogen and oxygen atoms in total. The lowest BCUT2D eigenvalue weighted by Crippen LogP contribution is -1.93. The van der Waals surface area contributed by atoms with E-state index < -0.39 is 11.4 Å². The van der Waals surface area contributed by atoms with Gasteiger partial charge in [0.1, 0.15) is 0 Å². The highest BCUT2D eigenvalue weighted by atomic mass is 32.2. The molecule has 52 valence electrons. The van der Waals surface area contributed by atoms with Crippen LogP contribution in [-0.2, 0) is 11.4 Å². The van der Waals surface area contributed by atoms with Gasteiger partial charge in [-0.3, -0.25) is 9.11 Å². The molecule has 5 heteroatoms. The third kappa shape index (κ3) is 144. The molecule has 0 aliphatic rings. The van der Waals surface area contributed by atoms with E-state index in [0.717, 1.165) is 13.0 Å². The lowest BCUT2D eigenvalue weighted by molar-refractivity contribution is 0.454. The van der Waals surface area contributed by atoms with Gasteiger partial charge in [0.2, 0.25) is 0 Å². The average Bonchev–Trinajstić information content (AvgIpc) is 1.65. The van der Waals surface area contributed by atoms with Gasteiger partial charge in [-0.25, -0.2) is 0 Å². The highest BCUT2D eigenvalue weighted by Crippen LogP contribution is 1.57. The Kier molecular flexibility index (Phi) is 13.8. The van der Waals surface area contributed by atoms with Gasteiger partial charge in [-0.1, -0.05) is 6.92 Å². The predicted octanol–water partition coefficient (Wildman–Crippen LogP) is 0.0362. The largest absolute Gasteiger partial charge is 0.330 e. The fraction of sp³-hybridized carbons (Fsp3) is 1.00. The minimum absolute atomic E-state index is 0.819. The summed E-state index contributed by atoms with van der Waals surface area (Å²) < 4.78 is 22.8. The molecule has 0 aromatic rings. The second-order valence-electron chi connectivity index (χ2n) is 1.02. The molecule has 0 atom stereocenters. The maximum Gasteiger partial charge on any atom is 0.299 e. The maximum absolute atomic E-state index is 8.67. The van der Waals surface area contributed by atoms with Crippen LogP contribution in [0.1, 0.15) is 13.3 Å². The van der Waals surface area contributed by atoms with E-state index in [9.17, 15) is 0 Å². The molecule has 0 saturated heterocycles. The van der Waals surface area contributed by atoms with Crippen molar-refractivity contribution in [2.75, 3.05) is 6.54 Å². The summed E-state index contributed by atoms with van der Waals surface area (Å²) in [5.41, 5.74) is 5.03. The molecule has 0 saturated carbocycles. The first-order chi connectivity index (χ1) is 3.65. The first kappa shape index (κ1) is 10.9. The van der Waals surface area contributed by atoms with Gasteiger partial charge >= 0.3 is 0 Å². The Balaban J connectivity index is 0. The van der Waals surface area contributed by atoms with Crippen LogP contribution in [0.25, 0.3) is 0 Å². The lowest BCUT2D eigenvalue weighted by Gasteiger charge is -1.70. The second kappa shape index (κ2) is 10.1. The van der Waals surface area contributed by atoms with Crippen LogP contribution in [0.15, 0.2) is 0 Å². The highest BCUT2D eigenvalue weighted by Gasteiger charge is 1.62. The monoisotopic (exact) mass is 141 g/mol. The van der Waals surface area contributed by atoms with Gasteiger partial charge in [-0.15, -0.1) is 0 Å². The maximum atomic E-state index is 8.67. The molecule has 0 aliphatic carbocycles. The van der Waals surface area contributed by atoms with Crippen LogP contribution in [-0.4, -0.2) is 19.9 Å². The SMILES string of the molecule is CCCN.O=S(O)O. The third-order valence-electron chi connectivity index (χ3n) is 0.289. The Labute approximate surface area is 51.2 Å². The van der Waals surface area contributed by atoms with E-state index in [4.69, 9.17) is 19.0 Å². The Hall–Kier alpha value is 0.0300. The molecule has 0 aromatic carbocycles. The number of rotatable bonds is 1. The van der Waals surface area contributed by atoms with Crippen molar-refractivity contribution in [2.24, 2.45) is 5.73 Å². The van der Waals surface area contributed by atoms with Gasteiger partial charge < -0.3 is 5.73 Å². The Morgan fingerprint density at radius 2 is 1.75 bits per heavy atom. The molecule has 0 fully saturated rings. The molecule has 8 heavy (non-hydrogen) atoms. The van der Waals surface area contributed by atoms with Crippen molar-refractivity contribution in [3.05, 3.63) is 0 Å². The fourth-order valence-electron chi connectivity index (χ4n) is 0. The van der Waals surface area contributed by atoms with Crippen molar-refractivity contribution in [1.82, 2.24) is 0 Å². The summed E-state index contributed by atoms with van der Waals surface area (Å²) in [5.74, 6) is 0. The minimum Gasteiger partial charge on any atom is -0.330 e. The molecule has 0 bridgehead atoms. The van der Waals surface area contributed by atoms with Crippen molar-refractivity contribution in [3.8, 4) is 0 Å². The zero-order valence-corrected chi connectivity index (χ0v) is 5.52. The van der Waals surface area contributed by atoms with Crippen LogP contribution < -0.4 is 5.73 Å². The number of hydrogen-bond donors (Lipinski definition) is 3. The Morgan fingerprint density at radius 3 is 1.75 bits per heavy atom. The zero-order chi connectivity index (χ0) is 6.99. The van der Waals surface area contributed by atoms with Crippen molar-refractivity contribution in [1.29, 1.82) is 0 Å². The van der Waals surface area contributed by atoms with Crippen LogP contribution in [0.4, 0.5) is 0 Å².